The molecule has 0 atom stereocenters. The van der Waals surface area contributed by atoms with Gasteiger partial charge in [-0.1, -0.05) is 39.0 Å². The molecule has 0 radical (unpaired) electrons. The van der Waals surface area contributed by atoms with Crippen molar-refractivity contribution in [2.45, 2.75) is 38.9 Å². The lowest BCUT2D eigenvalue weighted by Gasteiger charge is -2.42. The first-order valence-electron chi connectivity index (χ1n) is 7.39. The third-order valence-electron chi connectivity index (χ3n) is 4.29. The van der Waals surface area contributed by atoms with Crippen molar-refractivity contribution in [3.05, 3.63) is 48.8 Å². The highest BCUT2D eigenvalue weighted by Crippen LogP contribution is 2.36. The minimum Gasteiger partial charge on any atom is -0.367 e. The molecule has 0 aliphatic carbocycles. The Morgan fingerprint density at radius 1 is 0.850 bits per heavy atom. The minimum absolute atomic E-state index is 1.17. The maximum atomic E-state index is 4.08. The van der Waals surface area contributed by atoms with Gasteiger partial charge in [-0.3, -0.25) is 0 Å². The molecule has 0 aliphatic heterocycles. The molecule has 0 unspecified atom stereocenters. The van der Waals surface area contributed by atoms with Crippen LogP contribution in [0.5, 0.6) is 0 Å². The monoisotopic (exact) mass is 285 g/mol. The number of rotatable bonds is 6. The lowest BCUT2D eigenvalue weighted by molar-refractivity contribution is 1.02. The molecule has 106 valence electrons. The van der Waals surface area contributed by atoms with Crippen molar-refractivity contribution >= 4 is 19.6 Å². The molecule has 0 bridgehead atoms. The fourth-order valence-electron chi connectivity index (χ4n) is 2.91. The van der Waals surface area contributed by atoms with Gasteiger partial charge in [-0.15, -0.1) is 0 Å². The second kappa shape index (κ2) is 6.66. The fourth-order valence-corrected chi connectivity index (χ4v) is 6.74. The van der Waals surface area contributed by atoms with E-state index in [1.165, 1.54) is 29.5 Å². The largest absolute Gasteiger partial charge is 0.367 e. The van der Waals surface area contributed by atoms with Crippen molar-refractivity contribution in [2.24, 2.45) is 0 Å². The first-order chi connectivity index (χ1) is 9.77. The number of aromatic nitrogens is 2. The van der Waals surface area contributed by atoms with E-state index in [-0.39, 0.29) is 0 Å². The lowest BCUT2D eigenvalue weighted by Crippen LogP contribution is -2.49. The van der Waals surface area contributed by atoms with Crippen LogP contribution in [0.4, 0.5) is 11.4 Å². The van der Waals surface area contributed by atoms with Gasteiger partial charge in [-0.05, 0) is 36.3 Å². The zero-order chi connectivity index (χ0) is 14.4. The summed E-state index contributed by atoms with van der Waals surface area (Å²) in [5.74, 6) is 0. The average molecular weight is 285 g/mol. The Bertz CT molecular complexity index is 464. The molecule has 0 N–H and O–H groups in total. The van der Waals surface area contributed by atoms with E-state index in [2.05, 4.69) is 71.9 Å². The van der Waals surface area contributed by atoms with E-state index in [4.69, 9.17) is 0 Å². The number of para-hydroxylation sites is 1. The summed E-state index contributed by atoms with van der Waals surface area (Å²) in [6.07, 6.45) is 3.67. The van der Waals surface area contributed by atoms with Crippen LogP contribution in [-0.4, -0.2) is 18.4 Å². The summed E-state index contributed by atoms with van der Waals surface area (Å²) in [4.78, 5) is 0. The van der Waals surface area contributed by atoms with Crippen LogP contribution < -0.4 is 4.57 Å². The summed E-state index contributed by atoms with van der Waals surface area (Å²) in [6, 6.07) is 16.5. The Morgan fingerprint density at radius 3 is 2.00 bits per heavy atom. The Balaban J connectivity index is 2.55. The van der Waals surface area contributed by atoms with E-state index >= 15 is 0 Å². The molecule has 1 aromatic carbocycles. The second-order valence-electron chi connectivity index (χ2n) is 5.06. The van der Waals surface area contributed by atoms with E-state index in [9.17, 15) is 0 Å². The lowest BCUT2D eigenvalue weighted by atomic mass is 10.3. The van der Waals surface area contributed by atoms with Gasteiger partial charge in [0, 0.05) is 5.69 Å². The molecule has 0 amide bonds. The Labute approximate surface area is 122 Å². The molecule has 4 heteroatoms. The molecular weight excluding hydrogens is 262 g/mol. The van der Waals surface area contributed by atoms with Crippen molar-refractivity contribution in [1.29, 1.82) is 0 Å². The van der Waals surface area contributed by atoms with Gasteiger partial charge >= 0.3 is 0 Å². The summed E-state index contributed by atoms with van der Waals surface area (Å²) >= 11 is 0. The van der Waals surface area contributed by atoms with E-state index in [0.29, 0.717) is 0 Å². The average Bonchev–Trinajstić information content (AvgIpc) is 2.54. The third-order valence-corrected chi connectivity index (χ3v) is 9.70. The van der Waals surface area contributed by atoms with Crippen LogP contribution >= 0.6 is 0 Å². The Morgan fingerprint density at radius 2 is 1.50 bits per heavy atom. The zero-order valence-electron chi connectivity index (χ0n) is 12.6. The smallest absolute Gasteiger partial charge is 0.161 e. The molecule has 3 nitrogen and oxygen atoms in total. The predicted octanol–water partition coefficient (Wildman–Crippen LogP) is 4.62. The zero-order valence-corrected chi connectivity index (χ0v) is 13.6. The third kappa shape index (κ3) is 2.75. The molecule has 1 aromatic heterocycles. The van der Waals surface area contributed by atoms with E-state index in [1.54, 1.807) is 6.20 Å². The van der Waals surface area contributed by atoms with Crippen LogP contribution in [-0.2, 0) is 0 Å². The number of anilines is 2. The molecule has 20 heavy (non-hydrogen) atoms. The summed E-state index contributed by atoms with van der Waals surface area (Å²) in [5, 5.41) is 8.00. The predicted molar refractivity (Wildman–Crippen MR) is 87.8 cm³/mol. The van der Waals surface area contributed by atoms with Gasteiger partial charge in [0.1, 0.15) is 0 Å². The highest BCUT2D eigenvalue weighted by atomic mass is 28.3. The highest BCUT2D eigenvalue weighted by Gasteiger charge is 2.36. The van der Waals surface area contributed by atoms with Gasteiger partial charge in [-0.2, -0.15) is 10.2 Å². The molecule has 0 spiro atoms. The number of benzene rings is 1. The van der Waals surface area contributed by atoms with E-state index < -0.39 is 8.24 Å². The van der Waals surface area contributed by atoms with Crippen molar-refractivity contribution in [2.75, 3.05) is 4.57 Å². The summed E-state index contributed by atoms with van der Waals surface area (Å²) in [5.41, 5.74) is 2.45. The van der Waals surface area contributed by atoms with Gasteiger partial charge in [0.2, 0.25) is 0 Å². The maximum absolute atomic E-state index is 4.08. The molecule has 0 saturated carbocycles. The Kier molecular flexibility index (Phi) is 4.90. The van der Waals surface area contributed by atoms with Crippen molar-refractivity contribution in [3.8, 4) is 0 Å². The van der Waals surface area contributed by atoms with Gasteiger partial charge in [0.25, 0.3) is 0 Å². The van der Waals surface area contributed by atoms with Crippen LogP contribution in [0.15, 0.2) is 48.8 Å². The van der Waals surface area contributed by atoms with Crippen LogP contribution in [0.1, 0.15) is 20.8 Å². The fraction of sp³-hybridized carbons (Fsp3) is 0.375. The summed E-state index contributed by atoms with van der Waals surface area (Å²) < 4.78 is 2.56. The summed E-state index contributed by atoms with van der Waals surface area (Å²) in [6.45, 7) is 6.97. The van der Waals surface area contributed by atoms with Crippen LogP contribution in [0.2, 0.25) is 18.1 Å². The normalized spacial score (nSPS) is 11.3. The first-order valence-corrected chi connectivity index (χ1v) is 9.96. The SMILES string of the molecule is CC[Si](CC)(CC)N(c1ccccc1)c1ccnnc1. The quantitative estimate of drug-likeness (QED) is 0.725. The van der Waals surface area contributed by atoms with Crippen LogP contribution in [0.3, 0.4) is 0 Å². The van der Waals surface area contributed by atoms with Gasteiger partial charge in [0.05, 0.1) is 18.1 Å². The number of nitrogens with zero attached hydrogens (tertiary/aromatic N) is 3. The first kappa shape index (κ1) is 14.7. The summed E-state index contributed by atoms with van der Waals surface area (Å²) in [7, 11) is -1.56. The second-order valence-corrected chi connectivity index (χ2v) is 10.1. The van der Waals surface area contributed by atoms with E-state index in [1.807, 2.05) is 6.20 Å². The van der Waals surface area contributed by atoms with Gasteiger partial charge in [-0.25, -0.2) is 0 Å². The maximum Gasteiger partial charge on any atom is 0.161 e. The van der Waals surface area contributed by atoms with Crippen LogP contribution in [0.25, 0.3) is 0 Å². The van der Waals surface area contributed by atoms with E-state index in [0.717, 1.165) is 0 Å². The molecule has 0 saturated heterocycles. The van der Waals surface area contributed by atoms with Crippen molar-refractivity contribution < 1.29 is 0 Å². The van der Waals surface area contributed by atoms with Gasteiger partial charge < -0.3 is 4.57 Å². The Hall–Kier alpha value is -1.68. The number of hydrogen-bond acceptors (Lipinski definition) is 3. The molecule has 2 rings (SSSR count). The molecule has 0 aliphatic rings. The van der Waals surface area contributed by atoms with Crippen molar-refractivity contribution in [1.82, 2.24) is 10.2 Å². The van der Waals surface area contributed by atoms with Crippen LogP contribution in [0, 0.1) is 0 Å². The van der Waals surface area contributed by atoms with Gasteiger partial charge in [0.15, 0.2) is 8.24 Å². The minimum atomic E-state index is -1.56. The topological polar surface area (TPSA) is 29.0 Å². The number of hydrogen-bond donors (Lipinski definition) is 0. The van der Waals surface area contributed by atoms with Crippen molar-refractivity contribution in [3.63, 3.8) is 0 Å². The molecule has 1 heterocycles. The molecule has 2 aromatic rings. The standard InChI is InChI=1S/C16H23N3Si/c1-4-20(5-2,6-3)19(15-10-8-7-9-11-15)16-12-13-17-18-14-16/h7-14H,4-6H2,1-3H3. The molecular formula is C16H23N3Si. The highest BCUT2D eigenvalue weighted by molar-refractivity contribution is 6.84. The molecule has 0 fully saturated rings.